The summed E-state index contributed by atoms with van der Waals surface area (Å²) in [5.41, 5.74) is 2.20. The highest BCUT2D eigenvalue weighted by Crippen LogP contribution is 2.25. The van der Waals surface area contributed by atoms with E-state index in [2.05, 4.69) is 24.2 Å². The Balaban J connectivity index is 2.54. The normalized spacial score (nSPS) is 31.1. The van der Waals surface area contributed by atoms with E-state index in [-0.39, 0.29) is 11.9 Å². The molecule has 0 saturated carbocycles. The van der Waals surface area contributed by atoms with E-state index in [9.17, 15) is 4.79 Å². The minimum Gasteiger partial charge on any atom is -0.293 e. The number of hydrogen-bond acceptors (Lipinski definition) is 4. The van der Waals surface area contributed by atoms with E-state index in [1.54, 1.807) is 0 Å². The first-order chi connectivity index (χ1) is 6.54. The van der Waals surface area contributed by atoms with E-state index in [0.717, 1.165) is 13.1 Å². The van der Waals surface area contributed by atoms with Gasteiger partial charge < -0.3 is 0 Å². The molecule has 82 valence electrons. The maximum atomic E-state index is 11.3. The van der Waals surface area contributed by atoms with Gasteiger partial charge in [-0.3, -0.25) is 15.1 Å². The molecule has 0 aliphatic carbocycles. The second-order valence-electron chi connectivity index (χ2n) is 3.90. The predicted octanol–water partition coefficient (Wildman–Crippen LogP) is 0.191. The maximum absolute atomic E-state index is 11.3. The molecular weight excluding hydrogens is 198 g/mol. The number of rotatable bonds is 2. The molecule has 3 N–H and O–H groups in total. The Bertz CT molecular complexity index is 202. The highest BCUT2D eigenvalue weighted by Gasteiger charge is 2.28. The molecule has 1 saturated heterocycles. The van der Waals surface area contributed by atoms with Crippen molar-refractivity contribution in [3.8, 4) is 0 Å². The van der Waals surface area contributed by atoms with Crippen LogP contribution in [0, 0.1) is 0 Å². The fourth-order valence-electron chi connectivity index (χ4n) is 1.82. The summed E-state index contributed by atoms with van der Waals surface area (Å²) in [4.78, 5) is 13.5. The Morgan fingerprint density at radius 1 is 1.50 bits per heavy atom. The van der Waals surface area contributed by atoms with Crippen molar-refractivity contribution < 1.29 is 4.79 Å². The third kappa shape index (κ3) is 2.87. The molecule has 1 aliphatic rings. The molecule has 0 spiro atoms. The van der Waals surface area contributed by atoms with E-state index in [1.165, 1.54) is 0 Å². The third-order valence-corrected chi connectivity index (χ3v) is 3.74. The molecule has 0 radical (unpaired) electrons. The number of carbonyl (C=O) groups is 1. The SMILES string of the molecule is CC1CN(C(C)C(=O)NN)CC(C)S1. The molecule has 5 heteroatoms. The van der Waals surface area contributed by atoms with Crippen LogP contribution in [0.5, 0.6) is 0 Å². The van der Waals surface area contributed by atoms with Gasteiger partial charge in [0.2, 0.25) is 0 Å². The Kier molecular flexibility index (Phi) is 4.22. The Hall–Kier alpha value is -0.260. The molecule has 3 unspecified atom stereocenters. The average Bonchev–Trinajstić information content (AvgIpc) is 2.14. The summed E-state index contributed by atoms with van der Waals surface area (Å²) < 4.78 is 0. The molecule has 1 fully saturated rings. The largest absolute Gasteiger partial charge is 0.293 e. The van der Waals surface area contributed by atoms with Crippen LogP contribution < -0.4 is 11.3 Å². The highest BCUT2D eigenvalue weighted by molar-refractivity contribution is 8.00. The molecule has 1 heterocycles. The second-order valence-corrected chi connectivity index (χ2v) is 5.78. The summed E-state index contributed by atoms with van der Waals surface area (Å²) in [5, 5.41) is 1.18. The summed E-state index contributed by atoms with van der Waals surface area (Å²) in [6.07, 6.45) is 0. The van der Waals surface area contributed by atoms with Crippen molar-refractivity contribution in [2.45, 2.75) is 37.3 Å². The van der Waals surface area contributed by atoms with Crippen LogP contribution in [0.3, 0.4) is 0 Å². The monoisotopic (exact) mass is 217 g/mol. The highest BCUT2D eigenvalue weighted by atomic mass is 32.2. The second kappa shape index (κ2) is 5.00. The average molecular weight is 217 g/mol. The van der Waals surface area contributed by atoms with Gasteiger partial charge in [-0.2, -0.15) is 11.8 Å². The van der Waals surface area contributed by atoms with Crippen molar-refractivity contribution in [3.05, 3.63) is 0 Å². The lowest BCUT2D eigenvalue weighted by atomic mass is 10.2. The number of nitrogens with one attached hydrogen (secondary N) is 1. The van der Waals surface area contributed by atoms with E-state index in [4.69, 9.17) is 5.84 Å². The van der Waals surface area contributed by atoms with Crippen LogP contribution >= 0.6 is 11.8 Å². The molecule has 4 nitrogen and oxygen atoms in total. The van der Waals surface area contributed by atoms with E-state index < -0.39 is 0 Å². The maximum Gasteiger partial charge on any atom is 0.250 e. The summed E-state index contributed by atoms with van der Waals surface area (Å²) in [7, 11) is 0. The third-order valence-electron chi connectivity index (χ3n) is 2.52. The minimum absolute atomic E-state index is 0.101. The standard InChI is InChI=1S/C9H19N3OS/c1-6-4-12(5-7(2)14-6)8(3)9(13)11-10/h6-8H,4-5,10H2,1-3H3,(H,11,13). The van der Waals surface area contributed by atoms with Crippen molar-refractivity contribution in [1.82, 2.24) is 10.3 Å². The van der Waals surface area contributed by atoms with Gasteiger partial charge in [-0.1, -0.05) is 13.8 Å². The molecule has 0 aromatic rings. The van der Waals surface area contributed by atoms with E-state index in [1.807, 2.05) is 18.7 Å². The fraction of sp³-hybridized carbons (Fsp3) is 0.889. The van der Waals surface area contributed by atoms with Crippen LogP contribution in [0.2, 0.25) is 0 Å². The molecule has 0 bridgehead atoms. The smallest absolute Gasteiger partial charge is 0.250 e. The lowest BCUT2D eigenvalue weighted by Gasteiger charge is -2.37. The Morgan fingerprint density at radius 3 is 2.43 bits per heavy atom. The van der Waals surface area contributed by atoms with Crippen molar-refractivity contribution in [1.29, 1.82) is 0 Å². The molecule has 1 rings (SSSR count). The van der Waals surface area contributed by atoms with Crippen molar-refractivity contribution in [2.75, 3.05) is 13.1 Å². The van der Waals surface area contributed by atoms with Crippen LogP contribution in [0.25, 0.3) is 0 Å². The molecule has 3 atom stereocenters. The van der Waals surface area contributed by atoms with Gasteiger partial charge in [-0.15, -0.1) is 0 Å². The fourth-order valence-corrected chi connectivity index (χ4v) is 3.17. The van der Waals surface area contributed by atoms with Crippen molar-refractivity contribution in [3.63, 3.8) is 0 Å². The zero-order chi connectivity index (χ0) is 10.7. The summed E-state index contributed by atoms with van der Waals surface area (Å²) >= 11 is 1.98. The van der Waals surface area contributed by atoms with Crippen LogP contribution in [-0.2, 0) is 4.79 Å². The lowest BCUT2D eigenvalue weighted by molar-refractivity contribution is -0.126. The summed E-state index contributed by atoms with van der Waals surface area (Å²) in [5.74, 6) is 5.02. The zero-order valence-electron chi connectivity index (χ0n) is 8.99. The number of nitrogens with two attached hydrogens (primary N) is 1. The first-order valence-electron chi connectivity index (χ1n) is 4.94. The Morgan fingerprint density at radius 2 is 2.00 bits per heavy atom. The number of hydrazine groups is 1. The van der Waals surface area contributed by atoms with Gasteiger partial charge in [0.15, 0.2) is 0 Å². The number of amides is 1. The van der Waals surface area contributed by atoms with Crippen LogP contribution in [-0.4, -0.2) is 40.4 Å². The van der Waals surface area contributed by atoms with Crippen LogP contribution in [0.1, 0.15) is 20.8 Å². The van der Waals surface area contributed by atoms with Crippen LogP contribution in [0.4, 0.5) is 0 Å². The van der Waals surface area contributed by atoms with Gasteiger partial charge in [0, 0.05) is 23.6 Å². The van der Waals surface area contributed by atoms with Gasteiger partial charge in [0.05, 0.1) is 6.04 Å². The molecule has 1 aliphatic heterocycles. The number of thioether (sulfide) groups is 1. The van der Waals surface area contributed by atoms with Gasteiger partial charge in [-0.05, 0) is 6.92 Å². The molecule has 0 aromatic heterocycles. The molecule has 1 amide bonds. The Labute approximate surface area is 89.6 Å². The van der Waals surface area contributed by atoms with E-state index >= 15 is 0 Å². The van der Waals surface area contributed by atoms with Gasteiger partial charge in [0.1, 0.15) is 0 Å². The first-order valence-corrected chi connectivity index (χ1v) is 5.88. The lowest BCUT2D eigenvalue weighted by Crippen LogP contribution is -2.52. The minimum atomic E-state index is -0.120. The number of nitrogens with zero attached hydrogens (tertiary/aromatic N) is 1. The number of hydrogen-bond donors (Lipinski definition) is 2. The summed E-state index contributed by atoms with van der Waals surface area (Å²) in [6, 6.07) is -0.120. The molecule has 14 heavy (non-hydrogen) atoms. The quantitative estimate of drug-likeness (QED) is 0.394. The zero-order valence-corrected chi connectivity index (χ0v) is 9.80. The van der Waals surface area contributed by atoms with E-state index in [0.29, 0.717) is 10.5 Å². The molecule has 0 aromatic carbocycles. The predicted molar refractivity (Wildman–Crippen MR) is 59.9 cm³/mol. The number of carbonyl (C=O) groups excluding carboxylic acids is 1. The van der Waals surface area contributed by atoms with Crippen molar-refractivity contribution >= 4 is 17.7 Å². The summed E-state index contributed by atoms with van der Waals surface area (Å²) in [6.45, 7) is 8.21. The van der Waals surface area contributed by atoms with Gasteiger partial charge in [0.25, 0.3) is 5.91 Å². The van der Waals surface area contributed by atoms with Crippen LogP contribution in [0.15, 0.2) is 0 Å². The molecular formula is C9H19N3OS. The van der Waals surface area contributed by atoms with Crippen molar-refractivity contribution in [2.24, 2.45) is 5.84 Å². The topological polar surface area (TPSA) is 58.4 Å². The van der Waals surface area contributed by atoms with Gasteiger partial charge >= 0.3 is 0 Å². The first kappa shape index (κ1) is 11.8. The van der Waals surface area contributed by atoms with Gasteiger partial charge in [-0.25, -0.2) is 5.84 Å².